The topological polar surface area (TPSA) is 83.4 Å². The third-order valence-corrected chi connectivity index (χ3v) is 6.13. The lowest BCUT2D eigenvalue weighted by atomic mass is 9.97. The SMILES string of the molecule is O=C(c1cnc2c(c1)N(Cc1ccccc1)C(=O)CN2)N1CCCC(Cn2ccnc2)C1. The zero-order valence-electron chi connectivity index (χ0n) is 17.9. The molecule has 164 valence electrons. The fraction of sp³-hybridized carbons (Fsp3) is 0.333. The minimum absolute atomic E-state index is 0.0340. The lowest BCUT2D eigenvalue weighted by Crippen LogP contribution is -2.42. The molecule has 1 saturated heterocycles. The number of aromatic nitrogens is 3. The van der Waals surface area contributed by atoms with Crippen molar-refractivity contribution in [2.24, 2.45) is 5.92 Å². The van der Waals surface area contributed by atoms with Crippen molar-refractivity contribution in [1.82, 2.24) is 19.4 Å². The van der Waals surface area contributed by atoms with Gasteiger partial charge in [0.2, 0.25) is 5.91 Å². The molecule has 5 rings (SSSR count). The average Bonchev–Trinajstić information content (AvgIpc) is 3.34. The molecule has 0 spiro atoms. The highest BCUT2D eigenvalue weighted by atomic mass is 16.2. The maximum atomic E-state index is 13.3. The molecule has 1 N–H and O–H groups in total. The Morgan fingerprint density at radius 3 is 2.91 bits per heavy atom. The maximum Gasteiger partial charge on any atom is 0.255 e. The van der Waals surface area contributed by atoms with Gasteiger partial charge in [0.1, 0.15) is 0 Å². The lowest BCUT2D eigenvalue weighted by Gasteiger charge is -2.34. The van der Waals surface area contributed by atoms with E-state index in [1.807, 2.05) is 47.8 Å². The Balaban J connectivity index is 1.35. The summed E-state index contributed by atoms with van der Waals surface area (Å²) in [6.07, 6.45) is 9.24. The van der Waals surface area contributed by atoms with E-state index < -0.39 is 0 Å². The monoisotopic (exact) mass is 430 g/mol. The van der Waals surface area contributed by atoms with E-state index in [4.69, 9.17) is 0 Å². The van der Waals surface area contributed by atoms with Gasteiger partial charge in [-0.05, 0) is 30.4 Å². The lowest BCUT2D eigenvalue weighted by molar-refractivity contribution is -0.117. The highest BCUT2D eigenvalue weighted by molar-refractivity contribution is 6.04. The van der Waals surface area contributed by atoms with Crippen LogP contribution in [0.15, 0.2) is 61.3 Å². The Morgan fingerprint density at radius 2 is 2.09 bits per heavy atom. The van der Waals surface area contributed by atoms with Gasteiger partial charge in [0.25, 0.3) is 5.91 Å². The first-order valence-electron chi connectivity index (χ1n) is 11.0. The molecule has 1 atom stereocenters. The van der Waals surface area contributed by atoms with Crippen LogP contribution in [0.5, 0.6) is 0 Å². The fourth-order valence-corrected chi connectivity index (χ4v) is 4.51. The van der Waals surface area contributed by atoms with E-state index in [9.17, 15) is 9.59 Å². The zero-order valence-corrected chi connectivity index (χ0v) is 17.9. The van der Waals surface area contributed by atoms with Crippen LogP contribution in [0.2, 0.25) is 0 Å². The van der Waals surface area contributed by atoms with Crippen molar-refractivity contribution in [2.75, 3.05) is 29.9 Å². The molecule has 2 aliphatic rings. The second kappa shape index (κ2) is 8.82. The van der Waals surface area contributed by atoms with E-state index in [-0.39, 0.29) is 18.4 Å². The van der Waals surface area contributed by atoms with Gasteiger partial charge in [-0.3, -0.25) is 9.59 Å². The van der Waals surface area contributed by atoms with Crippen LogP contribution in [0.1, 0.15) is 28.8 Å². The predicted octanol–water partition coefficient (Wildman–Crippen LogP) is 2.79. The average molecular weight is 431 g/mol. The van der Waals surface area contributed by atoms with E-state index >= 15 is 0 Å². The molecule has 0 aliphatic carbocycles. The number of likely N-dealkylation sites (tertiary alicyclic amines) is 1. The highest BCUT2D eigenvalue weighted by Gasteiger charge is 2.29. The van der Waals surface area contributed by atoms with E-state index in [0.717, 1.165) is 31.5 Å². The molecule has 1 unspecified atom stereocenters. The number of fused-ring (bicyclic) bond motifs is 1. The zero-order chi connectivity index (χ0) is 21.9. The third-order valence-electron chi connectivity index (χ3n) is 6.13. The predicted molar refractivity (Wildman–Crippen MR) is 121 cm³/mol. The number of carbonyl (C=O) groups is 2. The number of nitrogens with one attached hydrogen (secondary N) is 1. The minimum Gasteiger partial charge on any atom is -0.359 e. The molecular weight excluding hydrogens is 404 g/mol. The number of anilines is 2. The van der Waals surface area contributed by atoms with Crippen LogP contribution in [0.3, 0.4) is 0 Å². The number of rotatable bonds is 5. The second-order valence-corrected chi connectivity index (χ2v) is 8.43. The first-order chi connectivity index (χ1) is 15.7. The molecule has 1 fully saturated rings. The van der Waals surface area contributed by atoms with E-state index in [1.165, 1.54) is 0 Å². The number of pyridine rings is 1. The highest BCUT2D eigenvalue weighted by Crippen LogP contribution is 2.30. The van der Waals surface area contributed by atoms with Gasteiger partial charge in [-0.25, -0.2) is 9.97 Å². The minimum atomic E-state index is -0.0360. The van der Waals surface area contributed by atoms with E-state index in [2.05, 4.69) is 19.9 Å². The van der Waals surface area contributed by atoms with Gasteiger partial charge in [0.15, 0.2) is 5.82 Å². The molecule has 0 bridgehead atoms. The summed E-state index contributed by atoms with van der Waals surface area (Å²) < 4.78 is 2.07. The molecule has 1 aromatic carbocycles. The van der Waals surface area contributed by atoms with Crippen molar-refractivity contribution in [3.05, 3.63) is 72.4 Å². The molecule has 32 heavy (non-hydrogen) atoms. The van der Waals surface area contributed by atoms with Crippen molar-refractivity contribution >= 4 is 23.3 Å². The molecule has 4 heterocycles. The summed E-state index contributed by atoms with van der Waals surface area (Å²) in [4.78, 5) is 38.2. The number of hydrogen-bond donors (Lipinski definition) is 1. The van der Waals surface area contributed by atoms with Gasteiger partial charge in [-0.1, -0.05) is 30.3 Å². The van der Waals surface area contributed by atoms with Gasteiger partial charge in [0.05, 0.1) is 30.7 Å². The number of hydrogen-bond acceptors (Lipinski definition) is 5. The molecule has 3 aromatic rings. The number of piperidine rings is 1. The Labute approximate surface area is 186 Å². The van der Waals surface area contributed by atoms with Crippen molar-refractivity contribution in [1.29, 1.82) is 0 Å². The quantitative estimate of drug-likeness (QED) is 0.673. The summed E-state index contributed by atoms with van der Waals surface area (Å²) in [7, 11) is 0. The fourth-order valence-electron chi connectivity index (χ4n) is 4.51. The summed E-state index contributed by atoms with van der Waals surface area (Å²) >= 11 is 0. The summed E-state index contributed by atoms with van der Waals surface area (Å²) in [6, 6.07) is 11.7. The van der Waals surface area contributed by atoms with Gasteiger partial charge in [-0.15, -0.1) is 0 Å². The molecular formula is C24H26N6O2. The van der Waals surface area contributed by atoms with Crippen molar-refractivity contribution in [3.63, 3.8) is 0 Å². The summed E-state index contributed by atoms with van der Waals surface area (Å²) in [6.45, 7) is 2.95. The Hall–Kier alpha value is -3.68. The van der Waals surface area contributed by atoms with E-state index in [0.29, 0.717) is 36.1 Å². The van der Waals surface area contributed by atoms with Crippen LogP contribution in [0.4, 0.5) is 11.5 Å². The van der Waals surface area contributed by atoms with Gasteiger partial charge in [-0.2, -0.15) is 0 Å². The smallest absolute Gasteiger partial charge is 0.255 e. The molecule has 8 heteroatoms. The van der Waals surface area contributed by atoms with Crippen LogP contribution >= 0.6 is 0 Å². The summed E-state index contributed by atoms with van der Waals surface area (Å²) in [5.41, 5.74) is 2.20. The normalized spacial score (nSPS) is 18.2. The summed E-state index contributed by atoms with van der Waals surface area (Å²) in [5.74, 6) is 0.957. The number of imidazole rings is 1. The van der Waals surface area contributed by atoms with Crippen LogP contribution in [-0.4, -0.2) is 50.9 Å². The van der Waals surface area contributed by atoms with Gasteiger partial charge in [0, 0.05) is 38.2 Å². The Kier molecular flexibility index (Phi) is 5.58. The van der Waals surface area contributed by atoms with Crippen LogP contribution in [-0.2, 0) is 17.9 Å². The molecule has 2 aromatic heterocycles. The second-order valence-electron chi connectivity index (χ2n) is 8.43. The number of benzene rings is 1. The van der Waals surface area contributed by atoms with Crippen LogP contribution < -0.4 is 10.2 Å². The first kappa shape index (κ1) is 20.2. The Bertz CT molecular complexity index is 1100. The summed E-state index contributed by atoms with van der Waals surface area (Å²) in [5, 5.41) is 3.07. The van der Waals surface area contributed by atoms with Gasteiger partial charge >= 0.3 is 0 Å². The molecule has 2 aliphatic heterocycles. The van der Waals surface area contributed by atoms with E-state index in [1.54, 1.807) is 23.4 Å². The molecule has 8 nitrogen and oxygen atoms in total. The Morgan fingerprint density at radius 1 is 1.22 bits per heavy atom. The van der Waals surface area contributed by atoms with Crippen LogP contribution in [0.25, 0.3) is 0 Å². The number of carbonyl (C=O) groups excluding carboxylic acids is 2. The molecule has 2 amide bonds. The maximum absolute atomic E-state index is 13.3. The molecule has 0 radical (unpaired) electrons. The standard InChI is InChI=1S/C24H26N6O2/c31-22-13-27-23-21(30(22)16-18-5-2-1-3-6-18)11-20(12-26-23)24(32)29-9-4-7-19(15-29)14-28-10-8-25-17-28/h1-3,5-6,8,10-12,17,19H,4,7,9,13-16H2,(H,26,27). The van der Waals surface area contributed by atoms with Crippen LogP contribution in [0, 0.1) is 5.92 Å². The van der Waals surface area contributed by atoms with Crippen molar-refractivity contribution in [3.8, 4) is 0 Å². The van der Waals surface area contributed by atoms with Gasteiger partial charge < -0.3 is 19.7 Å². The third kappa shape index (κ3) is 4.21. The largest absolute Gasteiger partial charge is 0.359 e. The first-order valence-corrected chi connectivity index (χ1v) is 11.0. The van der Waals surface area contributed by atoms with Crippen molar-refractivity contribution in [2.45, 2.75) is 25.9 Å². The van der Waals surface area contributed by atoms with Crippen molar-refractivity contribution < 1.29 is 9.59 Å². The molecule has 0 saturated carbocycles. The number of nitrogens with zero attached hydrogens (tertiary/aromatic N) is 5. The number of amides is 2.